The monoisotopic (exact) mass is 940 g/mol. The average molecular weight is 941 g/mol. The zero-order chi connectivity index (χ0) is 44.7. The highest BCUT2D eigenvalue weighted by atomic mass is 32.7. The van der Waals surface area contributed by atoms with Crippen LogP contribution in [-0.4, -0.2) is 111 Å². The minimum absolute atomic E-state index is 0.00387. The van der Waals surface area contributed by atoms with Gasteiger partial charge in [0.15, 0.2) is 28.9 Å². The predicted octanol–water partition coefficient (Wildman–Crippen LogP) is 2.84. The van der Waals surface area contributed by atoms with Gasteiger partial charge in [0.2, 0.25) is 5.95 Å². The van der Waals surface area contributed by atoms with Crippen molar-refractivity contribution in [3.63, 3.8) is 0 Å². The fraction of sp³-hybridized carbons (Fsp3) is 0.378. The van der Waals surface area contributed by atoms with Crippen molar-refractivity contribution in [2.75, 3.05) is 31.8 Å². The summed E-state index contributed by atoms with van der Waals surface area (Å²) in [6.45, 7) is -5.43. The van der Waals surface area contributed by atoms with Crippen LogP contribution >= 0.6 is 26.0 Å². The van der Waals surface area contributed by atoms with E-state index < -0.39 is 93.5 Å². The number of aromatic hydroxyl groups is 1. The molecule has 11 atom stereocenters. The first-order valence-corrected chi connectivity index (χ1v) is 24.1. The van der Waals surface area contributed by atoms with Crippen molar-refractivity contribution in [1.82, 2.24) is 39.0 Å². The fourth-order valence-electron chi connectivity index (χ4n) is 8.71. The molecule has 2 unspecified atom stereocenters. The van der Waals surface area contributed by atoms with E-state index in [2.05, 4.69) is 29.9 Å². The van der Waals surface area contributed by atoms with Crippen molar-refractivity contribution >= 4 is 66.1 Å². The van der Waals surface area contributed by atoms with Gasteiger partial charge >= 0.3 is 20.6 Å². The molecular formula is C37H38N10O14P2S. The molecular weight excluding hydrogens is 902 g/mol. The molecule has 2 aliphatic heterocycles. The number of anilines is 2. The SMILES string of the molecule is CO[C@H]1[C@H]2OP(=O)(O)OCC34C[C@@H]3[C@@H](n3cnc5c(N)ncnc53)[C@H](O)[C@@H]4O[P@@](=O)(SCc3ccc(OC(=O)c4ccc(O)cc4)cc3)OC[C@H]1O[C@H]2n1cnc2c(=O)[nH]c(N)nc21. The Kier molecular flexibility index (Phi) is 10.7. The molecule has 1 spiro atoms. The molecule has 27 heteroatoms. The summed E-state index contributed by atoms with van der Waals surface area (Å²) < 4.78 is 74.1. The zero-order valence-electron chi connectivity index (χ0n) is 33.2. The lowest BCUT2D eigenvalue weighted by Gasteiger charge is -2.32. The summed E-state index contributed by atoms with van der Waals surface area (Å²) >= 11 is 0.799. The Balaban J connectivity index is 0.980. The van der Waals surface area contributed by atoms with Crippen LogP contribution in [0.4, 0.5) is 11.8 Å². The maximum atomic E-state index is 15.3. The number of hydrogen-bond acceptors (Lipinski definition) is 21. The standard InChI is InChI=1S/C37H38N10O14P2S/c1-55-27-22-11-56-63(54,64-12-17-2-8-20(9-3-17)58-35(51)18-4-6-19(48)7-5-18)61-29-26(49)25(46-15-42-23-30(38)40-14-41-31(23)46)21-10-37(21,29)13-57-62(52,53)60-28(27)34(59-22)47-16-43-24-32(47)44-36(39)45-33(24)50/h2-9,14-16,21-22,25-29,34,48-49H,10-13H2,1H3,(H,52,53)(H2,38,40,41)(H3,39,44,45,50)/t21-,22-,25-,26+,27-,28-,29+,34-,37?,63+/m1/s1. The zero-order valence-corrected chi connectivity index (χ0v) is 35.8. The molecule has 336 valence electrons. The van der Waals surface area contributed by atoms with Crippen LogP contribution in [0.5, 0.6) is 11.5 Å². The Morgan fingerprint density at radius 1 is 1.00 bits per heavy atom. The summed E-state index contributed by atoms with van der Waals surface area (Å²) in [4.78, 5) is 60.2. The number of aromatic amines is 1. The first-order chi connectivity index (χ1) is 30.7. The van der Waals surface area contributed by atoms with E-state index in [9.17, 15) is 29.3 Å². The number of carbonyl (C=O) groups is 1. The number of rotatable bonds is 8. The quantitative estimate of drug-likeness (QED) is 0.0726. The second kappa shape index (κ2) is 16.0. The number of aliphatic hydroxyl groups excluding tert-OH is 1. The minimum atomic E-state index is -5.05. The minimum Gasteiger partial charge on any atom is -0.508 e. The molecule has 2 saturated carbocycles. The number of phosphoric ester groups is 1. The Hall–Kier alpha value is -5.30. The van der Waals surface area contributed by atoms with Crippen molar-refractivity contribution in [3.05, 3.63) is 89.0 Å². The largest absolute Gasteiger partial charge is 0.508 e. The number of aromatic nitrogens is 8. The van der Waals surface area contributed by atoms with Crippen LogP contribution in [0.25, 0.3) is 22.3 Å². The number of methoxy groups -OCH3 is 1. The highest BCUT2D eigenvalue weighted by Crippen LogP contribution is 2.74. The van der Waals surface area contributed by atoms with Gasteiger partial charge < -0.3 is 45.4 Å². The molecule has 6 heterocycles. The number of nitrogens with one attached hydrogen (secondary N) is 1. The molecule has 2 bridgehead atoms. The molecule has 6 aromatic rings. The second-order valence-corrected chi connectivity index (χ2v) is 21.0. The summed E-state index contributed by atoms with van der Waals surface area (Å²) in [7, 11) is -3.75. The molecule has 10 rings (SSSR count). The maximum absolute atomic E-state index is 15.3. The van der Waals surface area contributed by atoms with E-state index >= 15 is 4.57 Å². The van der Waals surface area contributed by atoms with Crippen molar-refractivity contribution in [1.29, 1.82) is 0 Å². The summed E-state index contributed by atoms with van der Waals surface area (Å²) in [5.41, 5.74) is 11.4. The van der Waals surface area contributed by atoms with E-state index in [0.29, 0.717) is 11.2 Å². The highest BCUT2D eigenvalue weighted by molar-refractivity contribution is 8.54. The Labute approximate surface area is 364 Å². The number of imidazole rings is 2. The van der Waals surface area contributed by atoms with Gasteiger partial charge in [-0.3, -0.25) is 32.4 Å². The Morgan fingerprint density at radius 2 is 1.75 bits per heavy atom. The molecule has 64 heavy (non-hydrogen) atoms. The molecule has 4 fully saturated rings. The molecule has 2 aromatic carbocycles. The number of H-pyrrole nitrogens is 1. The number of benzene rings is 2. The third kappa shape index (κ3) is 7.54. The maximum Gasteiger partial charge on any atom is 0.472 e. The molecule has 4 aromatic heterocycles. The van der Waals surface area contributed by atoms with Crippen molar-refractivity contribution in [3.8, 4) is 11.5 Å². The van der Waals surface area contributed by atoms with Crippen molar-refractivity contribution in [2.45, 2.75) is 55.0 Å². The lowest BCUT2D eigenvalue weighted by atomic mass is 10.0. The number of esters is 1. The van der Waals surface area contributed by atoms with Gasteiger partial charge in [0.1, 0.15) is 53.9 Å². The molecule has 2 saturated heterocycles. The number of nitrogen functional groups attached to an aromatic ring is 2. The molecule has 2 aliphatic carbocycles. The first kappa shape index (κ1) is 42.6. The topological polar surface area (TPSA) is 336 Å². The molecule has 4 aliphatic rings. The number of fused-ring (bicyclic) bond motifs is 4. The van der Waals surface area contributed by atoms with Gasteiger partial charge in [-0.2, -0.15) is 4.98 Å². The lowest BCUT2D eigenvalue weighted by Crippen LogP contribution is -2.38. The summed E-state index contributed by atoms with van der Waals surface area (Å²) in [6.07, 6.45) is -3.69. The highest BCUT2D eigenvalue weighted by Gasteiger charge is 2.74. The Morgan fingerprint density at radius 3 is 2.52 bits per heavy atom. The van der Waals surface area contributed by atoms with E-state index in [1.807, 2.05) is 0 Å². The number of ether oxygens (including phenoxy) is 3. The molecule has 0 amide bonds. The number of carbonyl (C=O) groups excluding carboxylic acids is 1. The summed E-state index contributed by atoms with van der Waals surface area (Å²) in [6, 6.07) is 11.2. The van der Waals surface area contributed by atoms with Gasteiger partial charge in [0.05, 0.1) is 37.5 Å². The van der Waals surface area contributed by atoms with Crippen molar-refractivity contribution < 1.29 is 61.3 Å². The average Bonchev–Trinajstić information content (AvgIpc) is 3.55. The summed E-state index contributed by atoms with van der Waals surface area (Å²) in [5.74, 6) is -1.03. The van der Waals surface area contributed by atoms with Crippen LogP contribution in [0.15, 0.2) is 72.3 Å². The van der Waals surface area contributed by atoms with Crippen LogP contribution in [0.2, 0.25) is 0 Å². The summed E-state index contributed by atoms with van der Waals surface area (Å²) in [5, 5.41) is 21.7. The van der Waals surface area contributed by atoms with Crippen LogP contribution in [-0.2, 0) is 42.5 Å². The van der Waals surface area contributed by atoms with Crippen LogP contribution in [0.3, 0.4) is 0 Å². The normalized spacial score (nSPS) is 32.6. The molecule has 24 nitrogen and oxygen atoms in total. The first-order valence-electron chi connectivity index (χ1n) is 19.5. The Bertz CT molecular complexity index is 2940. The van der Waals surface area contributed by atoms with E-state index in [1.165, 1.54) is 54.9 Å². The third-order valence-corrected chi connectivity index (χ3v) is 16.4. The lowest BCUT2D eigenvalue weighted by molar-refractivity contribution is -0.0600. The number of hydrogen-bond donors (Lipinski definition) is 6. The predicted molar refractivity (Wildman–Crippen MR) is 222 cm³/mol. The third-order valence-electron chi connectivity index (χ3n) is 11.8. The fourth-order valence-corrected chi connectivity index (χ4v) is 13.1. The van der Waals surface area contributed by atoms with E-state index in [0.717, 1.165) is 11.4 Å². The van der Waals surface area contributed by atoms with Crippen molar-refractivity contribution in [2.24, 2.45) is 11.3 Å². The van der Waals surface area contributed by atoms with E-state index in [4.69, 9.17) is 43.8 Å². The van der Waals surface area contributed by atoms with Gasteiger partial charge in [-0.15, -0.1) is 0 Å². The number of nitrogens with zero attached hydrogens (tertiary/aromatic N) is 7. The molecule has 0 radical (unpaired) electrons. The van der Waals surface area contributed by atoms with Crippen LogP contribution < -0.4 is 21.8 Å². The second-order valence-electron chi connectivity index (χ2n) is 15.6. The molecule has 8 N–H and O–H groups in total. The van der Waals surface area contributed by atoms with Crippen LogP contribution in [0, 0.1) is 11.3 Å². The number of phenols is 1. The number of nitrogens with two attached hydrogens (primary N) is 2. The van der Waals surface area contributed by atoms with Gasteiger partial charge in [0, 0.05) is 18.3 Å². The van der Waals surface area contributed by atoms with Gasteiger partial charge in [-0.25, -0.2) is 33.9 Å². The number of aliphatic hydroxyl groups is 1. The van der Waals surface area contributed by atoms with Gasteiger partial charge in [-0.1, -0.05) is 12.1 Å². The number of phosphoric acid groups is 1. The smallest absolute Gasteiger partial charge is 0.472 e. The van der Waals surface area contributed by atoms with Gasteiger partial charge in [-0.05, 0) is 65.7 Å². The number of phenolic OH excluding ortho intramolecular Hbond substituents is 1. The van der Waals surface area contributed by atoms with Crippen LogP contribution in [0.1, 0.15) is 34.6 Å². The van der Waals surface area contributed by atoms with E-state index in [1.54, 1.807) is 28.8 Å². The van der Waals surface area contributed by atoms with E-state index in [-0.39, 0.29) is 57.7 Å². The van der Waals surface area contributed by atoms with Gasteiger partial charge in [0.25, 0.3) is 5.56 Å².